The highest BCUT2D eigenvalue weighted by Crippen LogP contribution is 2.27. The van der Waals surface area contributed by atoms with Crippen LogP contribution in [0.15, 0.2) is 39.4 Å². The van der Waals surface area contributed by atoms with E-state index in [1.165, 1.54) is 0 Å². The zero-order valence-corrected chi connectivity index (χ0v) is 16.2. The van der Waals surface area contributed by atoms with Crippen molar-refractivity contribution in [3.8, 4) is 23.0 Å². The molecule has 8 nitrogen and oxygen atoms in total. The SMILES string of the molecule is COc1ccc(CCNC(=O)CCc2nnc(-c3ccoc3C)o2)cc1OC. The second-order valence-corrected chi connectivity index (χ2v) is 6.18. The van der Waals surface area contributed by atoms with Crippen molar-refractivity contribution in [2.24, 2.45) is 0 Å². The number of rotatable bonds is 9. The Morgan fingerprint density at radius 1 is 1.11 bits per heavy atom. The van der Waals surface area contributed by atoms with Gasteiger partial charge in [-0.1, -0.05) is 6.07 Å². The minimum atomic E-state index is -0.0697. The number of carbonyl (C=O) groups excluding carboxylic acids is 1. The number of nitrogens with zero attached hydrogens (tertiary/aromatic N) is 2. The molecule has 1 amide bonds. The van der Waals surface area contributed by atoms with E-state index in [4.69, 9.17) is 18.3 Å². The molecule has 0 aliphatic heterocycles. The van der Waals surface area contributed by atoms with Gasteiger partial charge >= 0.3 is 0 Å². The van der Waals surface area contributed by atoms with Crippen LogP contribution in [0.1, 0.15) is 23.6 Å². The third-order valence-corrected chi connectivity index (χ3v) is 4.31. The van der Waals surface area contributed by atoms with Crippen molar-refractivity contribution in [2.45, 2.75) is 26.2 Å². The van der Waals surface area contributed by atoms with E-state index in [0.29, 0.717) is 48.4 Å². The summed E-state index contributed by atoms with van der Waals surface area (Å²) in [5.74, 6) is 2.81. The molecule has 28 heavy (non-hydrogen) atoms. The quantitative estimate of drug-likeness (QED) is 0.604. The molecule has 8 heteroatoms. The van der Waals surface area contributed by atoms with Crippen LogP contribution in [0, 0.1) is 6.92 Å². The second kappa shape index (κ2) is 9.07. The molecule has 3 aromatic rings. The van der Waals surface area contributed by atoms with Crippen molar-refractivity contribution in [1.82, 2.24) is 15.5 Å². The minimum Gasteiger partial charge on any atom is -0.493 e. The average molecular weight is 385 g/mol. The Morgan fingerprint density at radius 3 is 2.64 bits per heavy atom. The van der Waals surface area contributed by atoms with E-state index in [2.05, 4.69) is 15.5 Å². The summed E-state index contributed by atoms with van der Waals surface area (Å²) in [7, 11) is 3.20. The van der Waals surface area contributed by atoms with Gasteiger partial charge in [-0.2, -0.15) is 0 Å². The second-order valence-electron chi connectivity index (χ2n) is 6.18. The van der Waals surface area contributed by atoms with E-state index in [1.54, 1.807) is 26.5 Å². The van der Waals surface area contributed by atoms with Crippen molar-refractivity contribution >= 4 is 5.91 Å². The number of furan rings is 1. The van der Waals surface area contributed by atoms with Gasteiger partial charge < -0.3 is 23.6 Å². The van der Waals surface area contributed by atoms with Crippen molar-refractivity contribution in [1.29, 1.82) is 0 Å². The number of hydrogen-bond donors (Lipinski definition) is 1. The molecule has 0 fully saturated rings. The summed E-state index contributed by atoms with van der Waals surface area (Å²) < 4.78 is 21.3. The number of hydrogen-bond acceptors (Lipinski definition) is 7. The van der Waals surface area contributed by atoms with Crippen LogP contribution in [0.3, 0.4) is 0 Å². The number of carbonyl (C=O) groups is 1. The molecule has 1 aromatic carbocycles. The molecule has 0 spiro atoms. The summed E-state index contributed by atoms with van der Waals surface area (Å²) in [6.45, 7) is 2.35. The fraction of sp³-hybridized carbons (Fsp3) is 0.350. The van der Waals surface area contributed by atoms with Gasteiger partial charge in [0.15, 0.2) is 11.5 Å². The maximum absolute atomic E-state index is 12.1. The lowest BCUT2D eigenvalue weighted by Gasteiger charge is -2.10. The maximum atomic E-state index is 12.1. The van der Waals surface area contributed by atoms with Gasteiger partial charge in [-0.25, -0.2) is 0 Å². The largest absolute Gasteiger partial charge is 0.493 e. The first-order valence-electron chi connectivity index (χ1n) is 8.95. The molecule has 1 N–H and O–H groups in total. The minimum absolute atomic E-state index is 0.0697. The van der Waals surface area contributed by atoms with Gasteiger partial charge in [-0.05, 0) is 37.1 Å². The van der Waals surface area contributed by atoms with Crippen LogP contribution in [0.5, 0.6) is 11.5 Å². The Bertz CT molecular complexity index is 932. The van der Waals surface area contributed by atoms with Crippen molar-refractivity contribution in [2.75, 3.05) is 20.8 Å². The van der Waals surface area contributed by atoms with Gasteiger partial charge in [0.25, 0.3) is 5.89 Å². The Balaban J connectivity index is 1.44. The predicted molar refractivity (Wildman–Crippen MR) is 101 cm³/mol. The van der Waals surface area contributed by atoms with E-state index < -0.39 is 0 Å². The van der Waals surface area contributed by atoms with Gasteiger partial charge in [0.1, 0.15) is 5.76 Å². The first-order chi connectivity index (χ1) is 13.6. The molecule has 0 aliphatic rings. The topological polar surface area (TPSA) is 99.6 Å². The van der Waals surface area contributed by atoms with Gasteiger partial charge in [0.05, 0.1) is 26.0 Å². The highest BCUT2D eigenvalue weighted by molar-refractivity contribution is 5.76. The number of methoxy groups -OCH3 is 2. The maximum Gasteiger partial charge on any atom is 0.251 e. The van der Waals surface area contributed by atoms with Crippen molar-refractivity contribution in [3.63, 3.8) is 0 Å². The summed E-state index contributed by atoms with van der Waals surface area (Å²) >= 11 is 0. The Morgan fingerprint density at radius 2 is 1.93 bits per heavy atom. The Kier molecular flexibility index (Phi) is 6.31. The average Bonchev–Trinajstić information content (AvgIpc) is 3.34. The fourth-order valence-corrected chi connectivity index (χ4v) is 2.76. The number of aryl methyl sites for hydroxylation is 2. The predicted octanol–water partition coefficient (Wildman–Crippen LogP) is 2.95. The summed E-state index contributed by atoms with van der Waals surface area (Å²) in [6.07, 6.45) is 2.92. The first-order valence-corrected chi connectivity index (χ1v) is 8.95. The molecule has 0 unspecified atom stereocenters. The molecule has 2 heterocycles. The van der Waals surface area contributed by atoms with E-state index in [0.717, 1.165) is 11.1 Å². The van der Waals surface area contributed by atoms with Gasteiger partial charge in [-0.15, -0.1) is 10.2 Å². The lowest BCUT2D eigenvalue weighted by molar-refractivity contribution is -0.121. The van der Waals surface area contributed by atoms with Crippen LogP contribution in [0.25, 0.3) is 11.5 Å². The van der Waals surface area contributed by atoms with Crippen LogP contribution < -0.4 is 14.8 Å². The van der Waals surface area contributed by atoms with E-state index in [1.807, 2.05) is 25.1 Å². The van der Waals surface area contributed by atoms with E-state index in [-0.39, 0.29) is 12.3 Å². The number of aromatic nitrogens is 2. The molecular weight excluding hydrogens is 362 g/mol. The molecule has 2 aromatic heterocycles. The third kappa shape index (κ3) is 4.70. The lowest BCUT2D eigenvalue weighted by Crippen LogP contribution is -2.25. The van der Waals surface area contributed by atoms with Crippen LogP contribution in [0.2, 0.25) is 0 Å². The smallest absolute Gasteiger partial charge is 0.251 e. The van der Waals surface area contributed by atoms with E-state index >= 15 is 0 Å². The number of ether oxygens (including phenoxy) is 2. The summed E-state index contributed by atoms with van der Waals surface area (Å²) in [4.78, 5) is 12.1. The molecule has 3 rings (SSSR count). The normalized spacial score (nSPS) is 10.7. The van der Waals surface area contributed by atoms with Crippen LogP contribution in [0.4, 0.5) is 0 Å². The zero-order valence-electron chi connectivity index (χ0n) is 16.2. The number of benzene rings is 1. The third-order valence-electron chi connectivity index (χ3n) is 4.31. The highest BCUT2D eigenvalue weighted by Gasteiger charge is 2.14. The molecule has 0 saturated heterocycles. The fourth-order valence-electron chi connectivity index (χ4n) is 2.76. The van der Waals surface area contributed by atoms with E-state index in [9.17, 15) is 4.79 Å². The molecule has 0 atom stereocenters. The number of nitrogens with one attached hydrogen (secondary N) is 1. The van der Waals surface area contributed by atoms with Crippen LogP contribution in [-0.4, -0.2) is 36.9 Å². The highest BCUT2D eigenvalue weighted by atomic mass is 16.5. The summed E-state index contributed by atoms with van der Waals surface area (Å²) in [6, 6.07) is 7.48. The Hall–Kier alpha value is -3.29. The lowest BCUT2D eigenvalue weighted by atomic mass is 10.1. The molecule has 0 aliphatic carbocycles. The van der Waals surface area contributed by atoms with Gasteiger partial charge in [0, 0.05) is 19.4 Å². The van der Waals surface area contributed by atoms with Crippen molar-refractivity contribution < 1.29 is 23.1 Å². The standard InChI is InChI=1S/C20H23N3O5/c1-13-15(9-11-27-13)20-23-22-19(28-20)7-6-18(24)21-10-8-14-4-5-16(25-2)17(12-14)26-3/h4-5,9,11-12H,6-8,10H2,1-3H3,(H,21,24). The van der Waals surface area contributed by atoms with Crippen LogP contribution >= 0.6 is 0 Å². The monoisotopic (exact) mass is 385 g/mol. The molecular formula is C20H23N3O5. The van der Waals surface area contributed by atoms with Gasteiger partial charge in [0.2, 0.25) is 11.8 Å². The molecule has 0 radical (unpaired) electrons. The zero-order chi connectivity index (χ0) is 19.9. The first kappa shape index (κ1) is 19.5. The van der Waals surface area contributed by atoms with Crippen molar-refractivity contribution in [3.05, 3.63) is 47.7 Å². The molecule has 0 bridgehead atoms. The number of amides is 1. The summed E-state index contributed by atoms with van der Waals surface area (Å²) in [5.41, 5.74) is 1.81. The summed E-state index contributed by atoms with van der Waals surface area (Å²) in [5, 5.41) is 10.9. The molecule has 0 saturated carbocycles. The Labute approximate surface area is 162 Å². The van der Waals surface area contributed by atoms with Gasteiger partial charge in [-0.3, -0.25) is 4.79 Å². The molecule has 148 valence electrons. The van der Waals surface area contributed by atoms with Crippen LogP contribution in [-0.2, 0) is 17.6 Å².